The average molecular weight is 469 g/mol. The molecule has 0 unspecified atom stereocenters. The zero-order valence-corrected chi connectivity index (χ0v) is 19.8. The first-order valence-electron chi connectivity index (χ1n) is 11.5. The lowest BCUT2D eigenvalue weighted by molar-refractivity contribution is -0.125. The van der Waals surface area contributed by atoms with Crippen molar-refractivity contribution in [1.29, 1.82) is 5.26 Å². The van der Waals surface area contributed by atoms with Gasteiger partial charge in [-0.2, -0.15) is 5.26 Å². The summed E-state index contributed by atoms with van der Waals surface area (Å²) in [7, 11) is 1.67. The smallest absolute Gasteiger partial charge is 0.408 e. The number of rotatable bonds is 8. The summed E-state index contributed by atoms with van der Waals surface area (Å²) in [5.74, 6) is -1.01. The number of fused-ring (bicyclic) bond motifs is 1. The summed E-state index contributed by atoms with van der Waals surface area (Å²) >= 11 is 0. The predicted octanol–water partition coefficient (Wildman–Crippen LogP) is 3.48. The van der Waals surface area contributed by atoms with E-state index in [0.717, 1.165) is 33.3 Å². The third-order valence-electron chi connectivity index (χ3n) is 6.37. The van der Waals surface area contributed by atoms with E-state index in [0.29, 0.717) is 18.4 Å². The average Bonchev–Trinajstić information content (AvgIpc) is 3.16. The first kappa shape index (κ1) is 24.0. The second kappa shape index (κ2) is 10.4. The van der Waals surface area contributed by atoms with Crippen molar-refractivity contribution in [1.82, 2.24) is 9.88 Å². The standard InChI is InChI=1S/C28H28N4O3/c1-18-5-3-4-6-21(18)14-23(16-29)27(33)31-24(17-30)13-19-7-9-20(10-8-19)22-11-12-26-25(15-22)32(2)28(34)35-26/h3-12,15,23-24H,13-14,16,29H2,1-2H3,(H,31,33)/t23-,24-/m0/s1. The van der Waals surface area contributed by atoms with Crippen LogP contribution in [-0.2, 0) is 24.7 Å². The summed E-state index contributed by atoms with van der Waals surface area (Å²) in [6.07, 6.45) is 0.925. The summed E-state index contributed by atoms with van der Waals surface area (Å²) in [4.78, 5) is 24.6. The molecule has 0 radical (unpaired) electrons. The van der Waals surface area contributed by atoms with E-state index in [2.05, 4.69) is 11.4 Å². The Kier molecular flexibility index (Phi) is 7.14. The van der Waals surface area contributed by atoms with Crippen molar-refractivity contribution >= 4 is 17.0 Å². The van der Waals surface area contributed by atoms with E-state index in [-0.39, 0.29) is 12.5 Å². The highest BCUT2D eigenvalue weighted by atomic mass is 16.4. The van der Waals surface area contributed by atoms with E-state index < -0.39 is 17.7 Å². The molecule has 0 bridgehead atoms. The molecular formula is C28H28N4O3. The van der Waals surface area contributed by atoms with Gasteiger partial charge in [0.2, 0.25) is 5.91 Å². The van der Waals surface area contributed by atoms with E-state index in [4.69, 9.17) is 10.2 Å². The molecule has 1 amide bonds. The largest absolute Gasteiger partial charge is 0.419 e. The van der Waals surface area contributed by atoms with Crippen molar-refractivity contribution in [2.75, 3.05) is 6.54 Å². The van der Waals surface area contributed by atoms with Crippen LogP contribution < -0.4 is 16.8 Å². The van der Waals surface area contributed by atoms with Gasteiger partial charge in [-0.1, -0.05) is 54.6 Å². The second-order valence-corrected chi connectivity index (χ2v) is 8.76. The minimum absolute atomic E-state index is 0.208. The van der Waals surface area contributed by atoms with E-state index >= 15 is 0 Å². The van der Waals surface area contributed by atoms with Crippen LogP contribution in [0.25, 0.3) is 22.2 Å². The van der Waals surface area contributed by atoms with Crippen LogP contribution in [0, 0.1) is 24.2 Å². The fraction of sp³-hybridized carbons (Fsp3) is 0.250. The Bertz CT molecular complexity index is 1440. The van der Waals surface area contributed by atoms with Crippen LogP contribution in [0.2, 0.25) is 0 Å². The number of nitrogens with one attached hydrogen (secondary N) is 1. The highest BCUT2D eigenvalue weighted by Gasteiger charge is 2.21. The maximum absolute atomic E-state index is 12.9. The number of amides is 1. The molecule has 4 aromatic rings. The van der Waals surface area contributed by atoms with Crippen LogP contribution in [0.15, 0.2) is 75.9 Å². The van der Waals surface area contributed by atoms with Crippen molar-refractivity contribution in [2.45, 2.75) is 25.8 Å². The number of carbonyl (C=O) groups excluding carboxylic acids is 1. The molecule has 35 heavy (non-hydrogen) atoms. The summed E-state index contributed by atoms with van der Waals surface area (Å²) in [6.45, 7) is 2.22. The number of aromatic nitrogens is 1. The van der Waals surface area contributed by atoms with Gasteiger partial charge in [-0.3, -0.25) is 9.36 Å². The second-order valence-electron chi connectivity index (χ2n) is 8.76. The monoisotopic (exact) mass is 468 g/mol. The number of carbonyl (C=O) groups is 1. The van der Waals surface area contributed by atoms with Gasteiger partial charge in [-0.05, 0) is 53.3 Å². The fourth-order valence-corrected chi connectivity index (χ4v) is 4.18. The van der Waals surface area contributed by atoms with Gasteiger partial charge in [0.25, 0.3) is 0 Å². The lowest BCUT2D eigenvalue weighted by Gasteiger charge is -2.19. The lowest BCUT2D eigenvalue weighted by atomic mass is 9.95. The molecule has 7 heteroatoms. The number of nitriles is 1. The SMILES string of the molecule is Cc1ccccc1C[C@@H](CN)C(=O)N[C@H](C#N)Cc1ccc(-c2ccc3oc(=O)n(C)c3c2)cc1. The maximum atomic E-state index is 12.9. The molecule has 0 saturated carbocycles. The Labute approximate surface area is 203 Å². The zero-order valence-electron chi connectivity index (χ0n) is 19.8. The van der Waals surface area contributed by atoms with Gasteiger partial charge in [0.1, 0.15) is 6.04 Å². The number of benzene rings is 3. The third-order valence-corrected chi connectivity index (χ3v) is 6.37. The van der Waals surface area contributed by atoms with E-state index in [1.807, 2.05) is 67.6 Å². The highest BCUT2D eigenvalue weighted by Crippen LogP contribution is 2.24. The Balaban J connectivity index is 1.43. The molecule has 3 aromatic carbocycles. The molecule has 1 heterocycles. The normalized spacial score (nSPS) is 12.7. The van der Waals surface area contributed by atoms with Crippen molar-refractivity contribution in [3.63, 3.8) is 0 Å². The number of aryl methyl sites for hydroxylation is 2. The van der Waals surface area contributed by atoms with Crippen molar-refractivity contribution < 1.29 is 9.21 Å². The molecule has 3 N–H and O–H groups in total. The third kappa shape index (κ3) is 5.34. The minimum atomic E-state index is -0.656. The zero-order chi connectivity index (χ0) is 24.9. The summed E-state index contributed by atoms with van der Waals surface area (Å²) in [5.41, 5.74) is 12.2. The summed E-state index contributed by atoms with van der Waals surface area (Å²) < 4.78 is 6.67. The first-order valence-corrected chi connectivity index (χ1v) is 11.5. The van der Waals surface area contributed by atoms with E-state index in [1.54, 1.807) is 13.1 Å². The summed E-state index contributed by atoms with van der Waals surface area (Å²) in [6, 6.07) is 22.9. The Morgan fingerprint density at radius 2 is 1.80 bits per heavy atom. The Morgan fingerprint density at radius 3 is 2.49 bits per heavy atom. The van der Waals surface area contributed by atoms with Crippen molar-refractivity contribution in [3.8, 4) is 17.2 Å². The number of hydrogen-bond acceptors (Lipinski definition) is 5. The first-order chi connectivity index (χ1) is 16.9. The molecule has 0 spiro atoms. The minimum Gasteiger partial charge on any atom is -0.408 e. The molecule has 0 aliphatic heterocycles. The van der Waals surface area contributed by atoms with Crippen molar-refractivity contribution in [2.24, 2.45) is 18.7 Å². The number of hydrogen-bond donors (Lipinski definition) is 2. The topological polar surface area (TPSA) is 114 Å². The highest BCUT2D eigenvalue weighted by molar-refractivity contribution is 5.81. The van der Waals surface area contributed by atoms with Crippen molar-refractivity contribution in [3.05, 3.63) is 94.0 Å². The summed E-state index contributed by atoms with van der Waals surface area (Å²) in [5, 5.41) is 12.5. The predicted molar refractivity (Wildman–Crippen MR) is 136 cm³/mol. The van der Waals surface area contributed by atoms with E-state index in [1.165, 1.54) is 4.57 Å². The fourth-order valence-electron chi connectivity index (χ4n) is 4.18. The molecule has 0 fully saturated rings. The number of nitrogens with zero attached hydrogens (tertiary/aromatic N) is 2. The Hall–Kier alpha value is -4.15. The number of nitrogens with two attached hydrogens (primary N) is 1. The van der Waals surface area contributed by atoms with Crippen LogP contribution in [-0.4, -0.2) is 23.1 Å². The molecule has 0 aliphatic rings. The number of oxazole rings is 1. The van der Waals surface area contributed by atoms with Crippen LogP contribution in [0.4, 0.5) is 0 Å². The molecular weight excluding hydrogens is 440 g/mol. The molecule has 1 aromatic heterocycles. The van der Waals surface area contributed by atoms with Gasteiger partial charge in [0.15, 0.2) is 5.58 Å². The van der Waals surface area contributed by atoms with Gasteiger partial charge >= 0.3 is 5.76 Å². The molecule has 178 valence electrons. The van der Waals surface area contributed by atoms with Gasteiger partial charge in [0, 0.05) is 20.0 Å². The molecule has 2 atom stereocenters. The van der Waals surface area contributed by atoms with Gasteiger partial charge < -0.3 is 15.5 Å². The van der Waals surface area contributed by atoms with Crippen LogP contribution in [0.5, 0.6) is 0 Å². The van der Waals surface area contributed by atoms with Gasteiger partial charge in [-0.25, -0.2) is 4.79 Å². The molecule has 4 rings (SSSR count). The van der Waals surface area contributed by atoms with Crippen LogP contribution in [0.3, 0.4) is 0 Å². The van der Waals surface area contributed by atoms with Gasteiger partial charge in [-0.15, -0.1) is 0 Å². The van der Waals surface area contributed by atoms with Crippen LogP contribution >= 0.6 is 0 Å². The Morgan fingerprint density at radius 1 is 1.09 bits per heavy atom. The lowest BCUT2D eigenvalue weighted by Crippen LogP contribution is -2.42. The molecule has 7 nitrogen and oxygen atoms in total. The van der Waals surface area contributed by atoms with Crippen LogP contribution in [0.1, 0.15) is 16.7 Å². The molecule has 0 saturated heterocycles. The van der Waals surface area contributed by atoms with E-state index in [9.17, 15) is 14.9 Å². The quantitative estimate of drug-likeness (QED) is 0.411. The maximum Gasteiger partial charge on any atom is 0.419 e. The molecule has 0 aliphatic carbocycles. The van der Waals surface area contributed by atoms with Gasteiger partial charge in [0.05, 0.1) is 17.5 Å².